The summed E-state index contributed by atoms with van der Waals surface area (Å²) in [6.45, 7) is 1.08. The highest BCUT2D eigenvalue weighted by atomic mass is 79.9. The van der Waals surface area contributed by atoms with Gasteiger partial charge in [0.05, 0.1) is 18.4 Å². The van der Waals surface area contributed by atoms with Crippen LogP contribution in [0.2, 0.25) is 0 Å². The molecule has 3 nitrogen and oxygen atoms in total. The van der Waals surface area contributed by atoms with Crippen molar-refractivity contribution in [3.05, 3.63) is 28.0 Å². The topological polar surface area (TPSA) is 41.5 Å². The second-order valence-corrected chi connectivity index (χ2v) is 5.02. The lowest BCUT2D eigenvalue weighted by atomic mass is 10.2. The molecule has 2 N–H and O–H groups in total. The molecule has 0 spiro atoms. The molecule has 1 aliphatic rings. The van der Waals surface area contributed by atoms with Crippen molar-refractivity contribution >= 4 is 21.6 Å². The molecule has 0 aliphatic carbocycles. The summed E-state index contributed by atoms with van der Waals surface area (Å²) >= 11 is 3.29. The van der Waals surface area contributed by atoms with Crippen molar-refractivity contribution in [2.24, 2.45) is 0 Å². The van der Waals surface area contributed by atoms with Crippen molar-refractivity contribution in [2.45, 2.75) is 25.6 Å². The summed E-state index contributed by atoms with van der Waals surface area (Å²) < 4.78 is 20.0. The number of aliphatic hydroxyl groups excluding tert-OH is 1. The third-order valence-electron chi connectivity index (χ3n) is 2.83. The second-order valence-electron chi connectivity index (χ2n) is 4.10. The highest BCUT2D eigenvalue weighted by Gasteiger charge is 2.16. The third kappa shape index (κ3) is 3.18. The summed E-state index contributed by atoms with van der Waals surface area (Å²) in [5.74, 6) is -0.395. The van der Waals surface area contributed by atoms with Crippen LogP contribution in [0.15, 0.2) is 16.6 Å². The zero-order valence-electron chi connectivity index (χ0n) is 9.38. The molecule has 1 aromatic rings. The van der Waals surface area contributed by atoms with Crippen molar-refractivity contribution in [1.29, 1.82) is 0 Å². The van der Waals surface area contributed by atoms with Crippen LogP contribution in [0.1, 0.15) is 18.4 Å². The van der Waals surface area contributed by atoms with E-state index in [0.717, 1.165) is 23.9 Å². The molecular formula is C12H15BrFNO2. The molecule has 1 aliphatic heterocycles. The fourth-order valence-corrected chi connectivity index (χ4v) is 2.42. The number of benzene rings is 1. The molecule has 0 saturated carbocycles. The monoisotopic (exact) mass is 303 g/mol. The van der Waals surface area contributed by atoms with Gasteiger partial charge in [-0.2, -0.15) is 0 Å². The predicted molar refractivity (Wildman–Crippen MR) is 67.5 cm³/mol. The van der Waals surface area contributed by atoms with Crippen molar-refractivity contribution in [2.75, 3.05) is 18.5 Å². The Morgan fingerprint density at radius 1 is 1.53 bits per heavy atom. The van der Waals surface area contributed by atoms with Gasteiger partial charge in [0.1, 0.15) is 0 Å². The highest BCUT2D eigenvalue weighted by Crippen LogP contribution is 2.25. The maximum atomic E-state index is 13.8. The van der Waals surface area contributed by atoms with E-state index in [-0.39, 0.29) is 18.3 Å². The smallest absolute Gasteiger partial charge is 0.151 e. The Morgan fingerprint density at radius 2 is 2.35 bits per heavy atom. The number of nitrogens with one attached hydrogen (secondary N) is 1. The van der Waals surface area contributed by atoms with E-state index in [4.69, 9.17) is 9.84 Å². The normalized spacial score (nSPS) is 19.6. The van der Waals surface area contributed by atoms with Crippen LogP contribution in [0.5, 0.6) is 0 Å². The second kappa shape index (κ2) is 5.80. The largest absolute Gasteiger partial charge is 0.392 e. The molecule has 1 unspecified atom stereocenters. The zero-order chi connectivity index (χ0) is 12.3. The minimum absolute atomic E-state index is 0.158. The lowest BCUT2D eigenvalue weighted by molar-refractivity contribution is 0.120. The summed E-state index contributed by atoms with van der Waals surface area (Å²) in [7, 11) is 0. The van der Waals surface area contributed by atoms with Gasteiger partial charge in [-0.1, -0.05) is 15.9 Å². The molecule has 1 fully saturated rings. The Labute approximate surface area is 108 Å². The van der Waals surface area contributed by atoms with E-state index in [9.17, 15) is 4.39 Å². The molecule has 0 bridgehead atoms. The van der Waals surface area contributed by atoms with Crippen LogP contribution in [-0.4, -0.2) is 24.4 Å². The Balaban J connectivity index is 2.06. The molecule has 0 amide bonds. The average molecular weight is 304 g/mol. The van der Waals surface area contributed by atoms with Gasteiger partial charge in [0.2, 0.25) is 0 Å². The Bertz CT molecular complexity index is 394. The van der Waals surface area contributed by atoms with Crippen LogP contribution in [0.25, 0.3) is 0 Å². The lowest BCUT2D eigenvalue weighted by Gasteiger charge is -2.14. The van der Waals surface area contributed by atoms with Crippen molar-refractivity contribution in [1.82, 2.24) is 0 Å². The molecule has 0 radical (unpaired) electrons. The molecule has 17 heavy (non-hydrogen) atoms. The number of hydrogen-bond acceptors (Lipinski definition) is 3. The third-order valence-corrected chi connectivity index (χ3v) is 3.29. The molecule has 2 rings (SSSR count). The van der Waals surface area contributed by atoms with Crippen LogP contribution in [-0.2, 0) is 11.3 Å². The zero-order valence-corrected chi connectivity index (χ0v) is 11.0. The van der Waals surface area contributed by atoms with Crippen molar-refractivity contribution < 1.29 is 14.2 Å². The van der Waals surface area contributed by atoms with Gasteiger partial charge in [0, 0.05) is 23.2 Å². The minimum atomic E-state index is -0.395. The quantitative estimate of drug-likeness (QED) is 0.898. The van der Waals surface area contributed by atoms with E-state index in [0.29, 0.717) is 12.2 Å². The summed E-state index contributed by atoms with van der Waals surface area (Å²) in [5, 5.41) is 12.1. The molecule has 1 aromatic carbocycles. The van der Waals surface area contributed by atoms with E-state index >= 15 is 0 Å². The van der Waals surface area contributed by atoms with Crippen LogP contribution >= 0.6 is 15.9 Å². The van der Waals surface area contributed by atoms with Gasteiger partial charge in [-0.05, 0) is 25.0 Å². The molecule has 5 heteroatoms. The lowest BCUT2D eigenvalue weighted by Crippen LogP contribution is -2.19. The molecule has 1 heterocycles. The van der Waals surface area contributed by atoms with Crippen molar-refractivity contribution in [3.8, 4) is 0 Å². The Morgan fingerprint density at radius 3 is 3.00 bits per heavy atom. The number of anilines is 1. The Kier molecular flexibility index (Phi) is 4.36. The predicted octanol–water partition coefficient (Wildman–Crippen LogP) is 2.67. The minimum Gasteiger partial charge on any atom is -0.392 e. The van der Waals surface area contributed by atoms with E-state index in [1.165, 1.54) is 0 Å². The maximum Gasteiger partial charge on any atom is 0.151 e. The fraction of sp³-hybridized carbons (Fsp3) is 0.500. The SMILES string of the molecule is OCc1cc(Br)cc(NCC2CCCO2)c1F. The van der Waals surface area contributed by atoms with Crippen LogP contribution in [0, 0.1) is 5.82 Å². The number of halogens is 2. The summed E-state index contributed by atoms with van der Waals surface area (Å²) in [4.78, 5) is 0. The standard InChI is InChI=1S/C12H15BrFNO2/c13-9-4-8(7-16)12(14)11(5-9)15-6-10-2-1-3-17-10/h4-5,10,15-16H,1-3,6-7H2. The average Bonchev–Trinajstić information content (AvgIpc) is 2.82. The molecular weight excluding hydrogens is 289 g/mol. The van der Waals surface area contributed by atoms with Gasteiger partial charge in [-0.25, -0.2) is 4.39 Å². The van der Waals surface area contributed by atoms with Gasteiger partial charge in [0.15, 0.2) is 5.82 Å². The van der Waals surface area contributed by atoms with Crippen molar-refractivity contribution in [3.63, 3.8) is 0 Å². The first-order valence-corrected chi connectivity index (χ1v) is 6.44. The molecule has 1 saturated heterocycles. The first kappa shape index (κ1) is 12.8. The Hall–Kier alpha value is -0.650. The number of hydrogen-bond donors (Lipinski definition) is 2. The molecule has 1 atom stereocenters. The summed E-state index contributed by atoms with van der Waals surface area (Å²) in [5.41, 5.74) is 0.688. The van der Waals surface area contributed by atoms with Gasteiger partial charge in [-0.3, -0.25) is 0 Å². The summed E-state index contributed by atoms with van der Waals surface area (Å²) in [6, 6.07) is 3.25. The maximum absolute atomic E-state index is 13.8. The fourth-order valence-electron chi connectivity index (χ4n) is 1.92. The van der Waals surface area contributed by atoms with Crippen LogP contribution in [0.4, 0.5) is 10.1 Å². The molecule has 0 aromatic heterocycles. The van der Waals surface area contributed by atoms with Gasteiger partial charge < -0.3 is 15.2 Å². The molecule has 94 valence electrons. The first-order chi connectivity index (χ1) is 8.20. The van der Waals surface area contributed by atoms with E-state index in [1.807, 2.05) is 0 Å². The summed E-state index contributed by atoms with van der Waals surface area (Å²) in [6.07, 6.45) is 2.23. The first-order valence-electron chi connectivity index (χ1n) is 5.65. The van der Waals surface area contributed by atoms with Gasteiger partial charge in [-0.15, -0.1) is 0 Å². The van der Waals surface area contributed by atoms with E-state index in [1.54, 1.807) is 12.1 Å². The van der Waals surface area contributed by atoms with Gasteiger partial charge >= 0.3 is 0 Å². The van der Waals surface area contributed by atoms with Gasteiger partial charge in [0.25, 0.3) is 0 Å². The van der Waals surface area contributed by atoms with Crippen LogP contribution < -0.4 is 5.32 Å². The number of aliphatic hydroxyl groups is 1. The number of ether oxygens (including phenoxy) is 1. The van der Waals surface area contributed by atoms with E-state index < -0.39 is 5.82 Å². The van der Waals surface area contributed by atoms with Crippen LogP contribution in [0.3, 0.4) is 0 Å². The van der Waals surface area contributed by atoms with E-state index in [2.05, 4.69) is 21.2 Å². The number of rotatable bonds is 4. The highest BCUT2D eigenvalue weighted by molar-refractivity contribution is 9.10.